The molecule has 0 aromatic heterocycles. The molecule has 2 aromatic rings. The number of benzene rings is 2. The van der Waals surface area contributed by atoms with Gasteiger partial charge in [-0.15, -0.1) is 0 Å². The minimum atomic E-state index is -3.68. The van der Waals surface area contributed by atoms with E-state index in [2.05, 4.69) is 5.32 Å². The van der Waals surface area contributed by atoms with Crippen molar-refractivity contribution in [3.05, 3.63) is 59.2 Å². The molecule has 2 aromatic carbocycles. The van der Waals surface area contributed by atoms with Crippen LogP contribution in [0.5, 0.6) is 0 Å². The molecule has 8 heteroatoms. The molecule has 0 radical (unpaired) electrons. The van der Waals surface area contributed by atoms with E-state index in [1.807, 2.05) is 19.1 Å². The molecule has 1 fully saturated rings. The third-order valence-corrected chi connectivity index (χ3v) is 7.25. The second kappa shape index (κ2) is 9.62. The standard InChI is InChI=1S/C23H28N2O5S/c1-16-7-10-19(11-8-16)24-22(26)18(3)30-23(27)21-15-20(12-9-17(21)2)31(28,29)25-13-5-4-6-14-25/h7-12,15,18H,4-6,13-14H2,1-3H3,(H,24,26)/t18-/m1/s1. The molecule has 3 rings (SSSR count). The lowest BCUT2D eigenvalue weighted by Gasteiger charge is -2.26. The Hall–Kier alpha value is -2.71. The molecule has 0 saturated carbocycles. The summed E-state index contributed by atoms with van der Waals surface area (Å²) >= 11 is 0. The van der Waals surface area contributed by atoms with Crippen molar-refractivity contribution in [3.63, 3.8) is 0 Å². The number of hydrogen-bond acceptors (Lipinski definition) is 5. The van der Waals surface area contributed by atoms with Gasteiger partial charge < -0.3 is 10.1 Å². The zero-order valence-electron chi connectivity index (χ0n) is 18.1. The highest BCUT2D eigenvalue weighted by atomic mass is 32.2. The number of amides is 1. The third kappa shape index (κ3) is 5.51. The highest BCUT2D eigenvalue weighted by molar-refractivity contribution is 7.89. The fourth-order valence-corrected chi connectivity index (χ4v) is 4.94. The van der Waals surface area contributed by atoms with Crippen LogP contribution in [0.15, 0.2) is 47.4 Å². The summed E-state index contributed by atoms with van der Waals surface area (Å²) in [6.45, 7) is 6.08. The summed E-state index contributed by atoms with van der Waals surface area (Å²) < 4.78 is 32.7. The van der Waals surface area contributed by atoms with Gasteiger partial charge in [0.15, 0.2) is 6.10 Å². The smallest absolute Gasteiger partial charge is 0.339 e. The van der Waals surface area contributed by atoms with Crippen molar-refractivity contribution >= 4 is 27.6 Å². The molecule has 1 aliphatic heterocycles. The molecule has 0 aliphatic carbocycles. The van der Waals surface area contributed by atoms with Crippen LogP contribution in [-0.2, 0) is 19.6 Å². The summed E-state index contributed by atoms with van der Waals surface area (Å²) in [6.07, 6.45) is 1.62. The number of esters is 1. The number of rotatable bonds is 6. The zero-order valence-corrected chi connectivity index (χ0v) is 18.9. The van der Waals surface area contributed by atoms with E-state index in [1.54, 1.807) is 25.1 Å². The van der Waals surface area contributed by atoms with Crippen LogP contribution in [0, 0.1) is 13.8 Å². The topological polar surface area (TPSA) is 92.8 Å². The Morgan fingerprint density at radius 3 is 2.29 bits per heavy atom. The minimum absolute atomic E-state index is 0.0590. The second-order valence-electron chi connectivity index (χ2n) is 7.84. The van der Waals surface area contributed by atoms with E-state index in [4.69, 9.17) is 4.74 Å². The number of sulfonamides is 1. The Balaban J connectivity index is 1.72. The van der Waals surface area contributed by atoms with Gasteiger partial charge >= 0.3 is 5.97 Å². The molecule has 166 valence electrons. The van der Waals surface area contributed by atoms with Crippen LogP contribution in [0.3, 0.4) is 0 Å². The van der Waals surface area contributed by atoms with E-state index in [0.717, 1.165) is 24.8 Å². The van der Waals surface area contributed by atoms with Gasteiger partial charge in [0.25, 0.3) is 5.91 Å². The Kier molecular flexibility index (Phi) is 7.12. The molecule has 1 atom stereocenters. The Labute approximate surface area is 183 Å². The molecule has 1 aliphatic rings. The molecule has 0 bridgehead atoms. The molecule has 1 heterocycles. The van der Waals surface area contributed by atoms with Crippen LogP contribution in [-0.4, -0.2) is 43.8 Å². The SMILES string of the molecule is Cc1ccc(NC(=O)[C@@H](C)OC(=O)c2cc(S(=O)(=O)N3CCCCC3)ccc2C)cc1. The maximum absolute atomic E-state index is 12.9. The summed E-state index contributed by atoms with van der Waals surface area (Å²) in [6, 6.07) is 11.7. The number of anilines is 1. The number of nitrogens with one attached hydrogen (secondary N) is 1. The van der Waals surface area contributed by atoms with E-state index in [1.165, 1.54) is 23.4 Å². The predicted molar refractivity (Wildman–Crippen MR) is 118 cm³/mol. The molecule has 7 nitrogen and oxygen atoms in total. The van der Waals surface area contributed by atoms with Gasteiger partial charge in [0.05, 0.1) is 10.5 Å². The van der Waals surface area contributed by atoms with Gasteiger partial charge in [0.1, 0.15) is 0 Å². The summed E-state index contributed by atoms with van der Waals surface area (Å²) in [4.78, 5) is 25.2. The molecule has 0 spiro atoms. The fourth-order valence-electron chi connectivity index (χ4n) is 3.39. The number of ether oxygens (including phenoxy) is 1. The first kappa shape index (κ1) is 23.0. The average Bonchev–Trinajstić information content (AvgIpc) is 2.76. The quantitative estimate of drug-likeness (QED) is 0.687. The van der Waals surface area contributed by atoms with Crippen molar-refractivity contribution in [2.75, 3.05) is 18.4 Å². The molecule has 1 amide bonds. The highest BCUT2D eigenvalue weighted by Crippen LogP contribution is 2.23. The van der Waals surface area contributed by atoms with E-state index >= 15 is 0 Å². The first-order valence-electron chi connectivity index (χ1n) is 10.4. The first-order chi connectivity index (χ1) is 14.7. The van der Waals surface area contributed by atoms with Crippen LogP contribution in [0.2, 0.25) is 0 Å². The molecular formula is C23H28N2O5S. The van der Waals surface area contributed by atoms with Gasteiger partial charge in [-0.1, -0.05) is 30.2 Å². The molecule has 31 heavy (non-hydrogen) atoms. The summed E-state index contributed by atoms with van der Waals surface area (Å²) in [5, 5.41) is 2.70. The first-order valence-corrected chi connectivity index (χ1v) is 11.8. The van der Waals surface area contributed by atoms with Gasteiger partial charge in [0.2, 0.25) is 10.0 Å². The number of aryl methyl sites for hydroxylation is 2. The highest BCUT2D eigenvalue weighted by Gasteiger charge is 2.28. The Bertz CT molecular complexity index is 1060. The molecular weight excluding hydrogens is 416 g/mol. The zero-order chi connectivity index (χ0) is 22.6. The van der Waals surface area contributed by atoms with Crippen LogP contribution in [0.25, 0.3) is 0 Å². The largest absolute Gasteiger partial charge is 0.449 e. The van der Waals surface area contributed by atoms with Crippen molar-refractivity contribution in [2.24, 2.45) is 0 Å². The van der Waals surface area contributed by atoms with E-state index in [0.29, 0.717) is 24.3 Å². The lowest BCUT2D eigenvalue weighted by atomic mass is 10.1. The lowest BCUT2D eigenvalue weighted by Crippen LogP contribution is -2.35. The Morgan fingerprint density at radius 1 is 1.00 bits per heavy atom. The lowest BCUT2D eigenvalue weighted by molar-refractivity contribution is -0.123. The van der Waals surface area contributed by atoms with Crippen LogP contribution >= 0.6 is 0 Å². The van der Waals surface area contributed by atoms with Crippen LogP contribution < -0.4 is 5.32 Å². The number of carbonyl (C=O) groups is 2. The maximum Gasteiger partial charge on any atom is 0.339 e. The monoisotopic (exact) mass is 444 g/mol. The molecule has 1 N–H and O–H groups in total. The van der Waals surface area contributed by atoms with E-state index in [9.17, 15) is 18.0 Å². The van der Waals surface area contributed by atoms with Gasteiger partial charge in [-0.05, 0) is 63.4 Å². The molecule has 0 unspecified atom stereocenters. The third-order valence-electron chi connectivity index (χ3n) is 5.35. The summed E-state index contributed by atoms with van der Waals surface area (Å²) in [5.41, 5.74) is 2.37. The molecule has 1 saturated heterocycles. The van der Waals surface area contributed by atoms with Gasteiger partial charge in [-0.25, -0.2) is 13.2 Å². The van der Waals surface area contributed by atoms with Crippen molar-refractivity contribution < 1.29 is 22.7 Å². The van der Waals surface area contributed by atoms with Gasteiger partial charge in [-0.3, -0.25) is 4.79 Å². The Morgan fingerprint density at radius 2 is 1.65 bits per heavy atom. The minimum Gasteiger partial charge on any atom is -0.449 e. The van der Waals surface area contributed by atoms with Crippen molar-refractivity contribution in [1.82, 2.24) is 4.31 Å². The maximum atomic E-state index is 12.9. The van der Waals surface area contributed by atoms with E-state index in [-0.39, 0.29) is 10.5 Å². The predicted octanol–water partition coefficient (Wildman–Crippen LogP) is 3.66. The normalized spacial score (nSPS) is 15.8. The van der Waals surface area contributed by atoms with Gasteiger partial charge in [-0.2, -0.15) is 4.31 Å². The number of carbonyl (C=O) groups excluding carboxylic acids is 2. The number of piperidine rings is 1. The van der Waals surface area contributed by atoms with Crippen molar-refractivity contribution in [1.29, 1.82) is 0 Å². The number of hydrogen-bond donors (Lipinski definition) is 1. The number of nitrogens with zero attached hydrogens (tertiary/aromatic N) is 1. The van der Waals surface area contributed by atoms with Crippen LogP contribution in [0.4, 0.5) is 5.69 Å². The summed E-state index contributed by atoms with van der Waals surface area (Å²) in [5.74, 6) is -1.20. The van der Waals surface area contributed by atoms with E-state index < -0.39 is 28.0 Å². The fraction of sp³-hybridized carbons (Fsp3) is 0.391. The van der Waals surface area contributed by atoms with Gasteiger partial charge in [0, 0.05) is 18.8 Å². The average molecular weight is 445 g/mol. The second-order valence-corrected chi connectivity index (χ2v) is 9.78. The summed E-state index contributed by atoms with van der Waals surface area (Å²) in [7, 11) is -3.68. The van der Waals surface area contributed by atoms with Crippen molar-refractivity contribution in [3.8, 4) is 0 Å². The van der Waals surface area contributed by atoms with Crippen LogP contribution in [0.1, 0.15) is 47.7 Å². The van der Waals surface area contributed by atoms with Crippen molar-refractivity contribution in [2.45, 2.75) is 51.0 Å².